The Balaban J connectivity index is 2.11. The molecular formula is C12H13FN2. The van der Waals surface area contributed by atoms with E-state index in [9.17, 15) is 4.39 Å². The molecule has 78 valence electrons. The van der Waals surface area contributed by atoms with E-state index in [1.54, 1.807) is 12.1 Å². The second-order valence-corrected chi connectivity index (χ2v) is 3.93. The largest absolute Gasteiger partial charge is 0.380 e. The van der Waals surface area contributed by atoms with Crippen molar-refractivity contribution in [2.75, 3.05) is 5.32 Å². The lowest BCUT2D eigenvalue weighted by Gasteiger charge is -2.13. The quantitative estimate of drug-likeness (QED) is 0.803. The Kier molecular flexibility index (Phi) is 2.86. The number of rotatable bonds is 2. The molecule has 0 aliphatic heterocycles. The number of hydrogen-bond acceptors (Lipinski definition) is 2. The van der Waals surface area contributed by atoms with Crippen molar-refractivity contribution < 1.29 is 4.39 Å². The molecule has 2 rings (SSSR count). The Labute approximate surface area is 88.7 Å². The average molecular weight is 204 g/mol. The van der Waals surface area contributed by atoms with Gasteiger partial charge in [-0.3, -0.25) is 0 Å². The van der Waals surface area contributed by atoms with Gasteiger partial charge in [0.2, 0.25) is 0 Å². The lowest BCUT2D eigenvalue weighted by atomic mass is 10.2. The topological polar surface area (TPSA) is 35.8 Å². The maximum absolute atomic E-state index is 13.5. The van der Waals surface area contributed by atoms with E-state index in [0.29, 0.717) is 17.3 Å². The second-order valence-electron chi connectivity index (χ2n) is 3.93. The molecule has 1 aliphatic carbocycles. The summed E-state index contributed by atoms with van der Waals surface area (Å²) in [6, 6.07) is 6.88. The molecule has 1 aromatic carbocycles. The Bertz CT molecular complexity index is 389. The normalized spacial score (nSPS) is 16.3. The van der Waals surface area contributed by atoms with Gasteiger partial charge in [0.15, 0.2) is 0 Å². The van der Waals surface area contributed by atoms with Crippen LogP contribution in [0.5, 0.6) is 0 Å². The average Bonchev–Trinajstić information content (AvgIpc) is 2.74. The van der Waals surface area contributed by atoms with Gasteiger partial charge in [-0.2, -0.15) is 5.26 Å². The zero-order chi connectivity index (χ0) is 10.7. The van der Waals surface area contributed by atoms with Gasteiger partial charge in [0.25, 0.3) is 0 Å². The van der Waals surface area contributed by atoms with Crippen LogP contribution in [0.2, 0.25) is 0 Å². The third-order valence-electron chi connectivity index (χ3n) is 2.81. The van der Waals surface area contributed by atoms with E-state index >= 15 is 0 Å². The molecule has 1 N–H and O–H groups in total. The van der Waals surface area contributed by atoms with Crippen LogP contribution < -0.4 is 5.32 Å². The maximum Gasteiger partial charge on any atom is 0.147 e. The summed E-state index contributed by atoms with van der Waals surface area (Å²) in [5.41, 5.74) is 0.880. The van der Waals surface area contributed by atoms with Gasteiger partial charge in [-0.1, -0.05) is 12.8 Å². The molecule has 0 saturated heterocycles. The van der Waals surface area contributed by atoms with E-state index in [1.807, 2.05) is 6.07 Å². The predicted molar refractivity (Wildman–Crippen MR) is 57.0 cm³/mol. The predicted octanol–water partition coefficient (Wildman–Crippen LogP) is 3.05. The van der Waals surface area contributed by atoms with E-state index in [4.69, 9.17) is 5.26 Å². The van der Waals surface area contributed by atoms with E-state index < -0.39 is 0 Å². The van der Waals surface area contributed by atoms with Gasteiger partial charge in [-0.25, -0.2) is 4.39 Å². The SMILES string of the molecule is N#Cc1ccc(NC2CCCC2)c(F)c1. The van der Waals surface area contributed by atoms with Crippen LogP contribution in [0.3, 0.4) is 0 Å². The number of nitrogens with zero attached hydrogens (tertiary/aromatic N) is 1. The smallest absolute Gasteiger partial charge is 0.147 e. The van der Waals surface area contributed by atoms with E-state index in [1.165, 1.54) is 18.9 Å². The van der Waals surface area contributed by atoms with Crippen molar-refractivity contribution in [3.05, 3.63) is 29.6 Å². The van der Waals surface area contributed by atoms with Gasteiger partial charge >= 0.3 is 0 Å². The van der Waals surface area contributed by atoms with E-state index in [0.717, 1.165) is 12.8 Å². The fourth-order valence-corrected chi connectivity index (χ4v) is 1.99. The molecule has 15 heavy (non-hydrogen) atoms. The highest BCUT2D eigenvalue weighted by Gasteiger charge is 2.15. The number of nitrogens with one attached hydrogen (secondary N) is 1. The van der Waals surface area contributed by atoms with Gasteiger partial charge in [0.1, 0.15) is 5.82 Å². The van der Waals surface area contributed by atoms with Crippen LogP contribution in [0.25, 0.3) is 0 Å². The first-order valence-corrected chi connectivity index (χ1v) is 5.26. The van der Waals surface area contributed by atoms with Crippen molar-refractivity contribution in [1.29, 1.82) is 5.26 Å². The lowest BCUT2D eigenvalue weighted by molar-refractivity contribution is 0.623. The summed E-state index contributed by atoms with van der Waals surface area (Å²) in [6.45, 7) is 0. The number of anilines is 1. The van der Waals surface area contributed by atoms with Gasteiger partial charge in [0.05, 0.1) is 17.3 Å². The summed E-state index contributed by atoms with van der Waals surface area (Å²) in [6.07, 6.45) is 4.66. The van der Waals surface area contributed by atoms with E-state index in [-0.39, 0.29) is 5.82 Å². The lowest BCUT2D eigenvalue weighted by Crippen LogP contribution is -2.15. The Morgan fingerprint density at radius 1 is 1.33 bits per heavy atom. The summed E-state index contributed by atoms with van der Waals surface area (Å²) in [7, 11) is 0. The highest BCUT2D eigenvalue weighted by atomic mass is 19.1. The summed E-state index contributed by atoms with van der Waals surface area (Å²) in [5, 5.41) is 11.8. The van der Waals surface area contributed by atoms with Crippen LogP contribution >= 0.6 is 0 Å². The zero-order valence-corrected chi connectivity index (χ0v) is 8.46. The fraction of sp³-hybridized carbons (Fsp3) is 0.417. The minimum Gasteiger partial charge on any atom is -0.380 e. The second kappa shape index (κ2) is 4.31. The first-order chi connectivity index (χ1) is 7.29. The minimum atomic E-state index is -0.332. The molecule has 0 heterocycles. The van der Waals surface area contributed by atoms with Crippen LogP contribution in [-0.4, -0.2) is 6.04 Å². The van der Waals surface area contributed by atoms with Gasteiger partial charge in [0, 0.05) is 6.04 Å². The van der Waals surface area contributed by atoms with Crippen LogP contribution in [0.15, 0.2) is 18.2 Å². The van der Waals surface area contributed by atoms with Crippen LogP contribution in [0, 0.1) is 17.1 Å². The first kappa shape index (κ1) is 9.97. The molecule has 0 unspecified atom stereocenters. The molecule has 1 aromatic rings. The monoisotopic (exact) mass is 204 g/mol. The summed E-state index contributed by atoms with van der Waals surface area (Å²) in [4.78, 5) is 0. The van der Waals surface area contributed by atoms with Crippen molar-refractivity contribution in [2.45, 2.75) is 31.7 Å². The van der Waals surface area contributed by atoms with E-state index in [2.05, 4.69) is 5.32 Å². The van der Waals surface area contributed by atoms with Gasteiger partial charge in [-0.15, -0.1) is 0 Å². The van der Waals surface area contributed by atoms with Crippen molar-refractivity contribution in [2.24, 2.45) is 0 Å². The molecule has 0 amide bonds. The standard InChI is InChI=1S/C12H13FN2/c13-11-7-9(8-14)5-6-12(11)15-10-3-1-2-4-10/h5-7,10,15H,1-4H2. The maximum atomic E-state index is 13.5. The molecule has 1 saturated carbocycles. The molecule has 2 nitrogen and oxygen atoms in total. The van der Waals surface area contributed by atoms with Crippen molar-refractivity contribution in [1.82, 2.24) is 0 Å². The Morgan fingerprint density at radius 2 is 2.07 bits per heavy atom. The highest BCUT2D eigenvalue weighted by molar-refractivity contribution is 5.49. The van der Waals surface area contributed by atoms with Crippen molar-refractivity contribution in [3.8, 4) is 6.07 Å². The summed E-state index contributed by atoms with van der Waals surface area (Å²) < 4.78 is 13.5. The van der Waals surface area contributed by atoms with Crippen LogP contribution in [0.4, 0.5) is 10.1 Å². The minimum absolute atomic E-state index is 0.332. The summed E-state index contributed by atoms with van der Waals surface area (Å²) >= 11 is 0. The van der Waals surface area contributed by atoms with Gasteiger partial charge in [-0.05, 0) is 31.0 Å². The van der Waals surface area contributed by atoms with Crippen LogP contribution in [-0.2, 0) is 0 Å². The molecule has 3 heteroatoms. The van der Waals surface area contributed by atoms with Crippen molar-refractivity contribution >= 4 is 5.69 Å². The first-order valence-electron chi connectivity index (χ1n) is 5.26. The molecule has 1 aliphatic rings. The molecular weight excluding hydrogens is 191 g/mol. The third kappa shape index (κ3) is 2.27. The Hall–Kier alpha value is -1.56. The number of halogens is 1. The molecule has 0 atom stereocenters. The fourth-order valence-electron chi connectivity index (χ4n) is 1.99. The molecule has 1 fully saturated rings. The molecule has 0 bridgehead atoms. The number of nitriles is 1. The number of hydrogen-bond donors (Lipinski definition) is 1. The van der Waals surface area contributed by atoms with Gasteiger partial charge < -0.3 is 5.32 Å². The summed E-state index contributed by atoms with van der Waals surface area (Å²) in [5.74, 6) is -0.332. The number of benzene rings is 1. The van der Waals surface area contributed by atoms with Crippen LogP contribution in [0.1, 0.15) is 31.2 Å². The molecule has 0 spiro atoms. The molecule has 0 radical (unpaired) electrons. The zero-order valence-electron chi connectivity index (χ0n) is 8.46. The van der Waals surface area contributed by atoms with Crippen molar-refractivity contribution in [3.63, 3.8) is 0 Å². The molecule has 0 aromatic heterocycles. The highest BCUT2D eigenvalue weighted by Crippen LogP contribution is 2.24. The Morgan fingerprint density at radius 3 is 2.67 bits per heavy atom. The third-order valence-corrected chi connectivity index (χ3v) is 2.81.